The molecule has 1 unspecified atom stereocenters. The van der Waals surface area contributed by atoms with Gasteiger partial charge >= 0.3 is 0 Å². The lowest BCUT2D eigenvalue weighted by Gasteiger charge is -2.03. The van der Waals surface area contributed by atoms with Crippen LogP contribution in [0.3, 0.4) is 0 Å². The average Bonchev–Trinajstić information content (AvgIpc) is 2.94. The highest BCUT2D eigenvalue weighted by Crippen LogP contribution is 2.24. The number of fused-ring (bicyclic) bond motifs is 1. The second-order valence-electron chi connectivity index (χ2n) is 4.72. The number of nitrogens with zero attached hydrogens (tertiary/aromatic N) is 2. The van der Waals surface area contributed by atoms with Crippen LogP contribution in [0.2, 0.25) is 0 Å². The highest BCUT2D eigenvalue weighted by Gasteiger charge is 2.22. The molecule has 0 aromatic heterocycles. The van der Waals surface area contributed by atoms with Gasteiger partial charge in [-0.25, -0.2) is 0 Å². The molecule has 1 amide bonds. The fraction of sp³-hybridized carbons (Fsp3) is 0.250. The Kier molecular flexibility index (Phi) is 3.74. The lowest BCUT2D eigenvalue weighted by molar-refractivity contribution is 0.100. The van der Waals surface area contributed by atoms with Crippen molar-refractivity contribution in [3.05, 3.63) is 48.0 Å². The summed E-state index contributed by atoms with van der Waals surface area (Å²) in [4.78, 5) is 16.5. The number of carbonyl (C=O) groups excluding carboxylic acids is 1. The molecule has 20 heavy (non-hydrogen) atoms. The van der Waals surface area contributed by atoms with Crippen molar-refractivity contribution in [3.8, 4) is 0 Å². The van der Waals surface area contributed by atoms with Crippen molar-refractivity contribution in [2.45, 2.75) is 18.6 Å². The summed E-state index contributed by atoms with van der Waals surface area (Å²) in [5, 5.41) is 7.41. The van der Waals surface area contributed by atoms with Gasteiger partial charge in [-0.1, -0.05) is 55.1 Å². The molecule has 1 aliphatic rings. The molecule has 3 rings (SSSR count). The number of carbonyl (C=O) groups is 1. The Labute approximate surface area is 122 Å². The minimum Gasteiger partial charge on any atom is -0.267 e. The third kappa shape index (κ3) is 2.56. The molecular weight excluding hydrogens is 268 g/mol. The molecule has 0 aliphatic carbocycles. The molecule has 0 N–H and O–H groups in total. The normalized spacial score (nSPS) is 20.2. The van der Waals surface area contributed by atoms with E-state index in [2.05, 4.69) is 17.2 Å². The lowest BCUT2D eigenvalue weighted by Crippen LogP contribution is -2.09. The molecule has 0 spiro atoms. The lowest BCUT2D eigenvalue weighted by atomic mass is 10.0. The fourth-order valence-corrected chi connectivity index (χ4v) is 3.14. The van der Waals surface area contributed by atoms with Gasteiger partial charge < -0.3 is 0 Å². The van der Waals surface area contributed by atoms with Crippen molar-refractivity contribution in [2.75, 3.05) is 6.54 Å². The van der Waals surface area contributed by atoms with E-state index < -0.39 is 0 Å². The largest absolute Gasteiger partial charge is 0.280 e. The SMILES string of the molecule is CCC1C[N]C(=NC(=O)c2cccc3ccccc23)S1. The van der Waals surface area contributed by atoms with E-state index in [0.29, 0.717) is 16.0 Å². The van der Waals surface area contributed by atoms with E-state index in [1.807, 2.05) is 42.5 Å². The maximum Gasteiger partial charge on any atom is 0.280 e. The van der Waals surface area contributed by atoms with Gasteiger partial charge in [0.15, 0.2) is 5.17 Å². The Morgan fingerprint density at radius 1 is 1.30 bits per heavy atom. The maximum absolute atomic E-state index is 12.3. The zero-order valence-electron chi connectivity index (χ0n) is 11.2. The van der Waals surface area contributed by atoms with Crippen LogP contribution in [0.1, 0.15) is 23.7 Å². The topological polar surface area (TPSA) is 43.5 Å². The summed E-state index contributed by atoms with van der Waals surface area (Å²) in [6, 6.07) is 13.6. The number of rotatable bonds is 2. The van der Waals surface area contributed by atoms with Gasteiger partial charge in [0.2, 0.25) is 0 Å². The quantitative estimate of drug-likeness (QED) is 0.847. The number of hydrogen-bond donors (Lipinski definition) is 0. The van der Waals surface area contributed by atoms with E-state index >= 15 is 0 Å². The van der Waals surface area contributed by atoms with Crippen molar-refractivity contribution in [2.24, 2.45) is 4.99 Å². The number of amidine groups is 1. The molecule has 1 aliphatic heterocycles. The number of aliphatic imine (C=N–C) groups is 1. The van der Waals surface area contributed by atoms with Crippen molar-refractivity contribution in [1.29, 1.82) is 0 Å². The van der Waals surface area contributed by atoms with Gasteiger partial charge in [0, 0.05) is 10.8 Å². The third-order valence-corrected chi connectivity index (χ3v) is 4.62. The van der Waals surface area contributed by atoms with Crippen LogP contribution in [0.5, 0.6) is 0 Å². The summed E-state index contributed by atoms with van der Waals surface area (Å²) in [7, 11) is 0. The van der Waals surface area contributed by atoms with E-state index in [4.69, 9.17) is 0 Å². The molecule has 101 valence electrons. The first-order chi connectivity index (χ1) is 9.78. The second kappa shape index (κ2) is 5.67. The van der Waals surface area contributed by atoms with Crippen LogP contribution in [0.4, 0.5) is 0 Å². The molecule has 1 atom stereocenters. The Hall–Kier alpha value is -1.81. The maximum atomic E-state index is 12.3. The zero-order valence-corrected chi connectivity index (χ0v) is 12.1. The summed E-state index contributed by atoms with van der Waals surface area (Å²) < 4.78 is 0. The summed E-state index contributed by atoms with van der Waals surface area (Å²) in [6.07, 6.45) is 1.05. The second-order valence-corrected chi connectivity index (χ2v) is 5.98. The summed E-state index contributed by atoms with van der Waals surface area (Å²) in [6.45, 7) is 2.89. The first-order valence-electron chi connectivity index (χ1n) is 6.73. The van der Waals surface area contributed by atoms with Crippen molar-refractivity contribution < 1.29 is 4.79 Å². The monoisotopic (exact) mass is 283 g/mol. The van der Waals surface area contributed by atoms with Crippen LogP contribution in [0.25, 0.3) is 10.8 Å². The standard InChI is InChI=1S/C16H15N2OS/c1-2-12-10-17-16(20-12)18-15(19)14-9-5-7-11-6-3-4-8-13(11)14/h3-9,12H,2,10H2,1H3. The van der Waals surface area contributed by atoms with Crippen molar-refractivity contribution in [1.82, 2.24) is 5.32 Å². The van der Waals surface area contributed by atoms with Gasteiger partial charge in [-0.3, -0.25) is 10.1 Å². The van der Waals surface area contributed by atoms with Crippen LogP contribution >= 0.6 is 11.8 Å². The molecule has 2 aromatic rings. The van der Waals surface area contributed by atoms with E-state index in [0.717, 1.165) is 23.7 Å². The predicted molar refractivity (Wildman–Crippen MR) is 84.4 cm³/mol. The Morgan fingerprint density at radius 2 is 2.10 bits per heavy atom. The van der Waals surface area contributed by atoms with E-state index in [1.54, 1.807) is 11.8 Å². The minimum absolute atomic E-state index is 0.204. The van der Waals surface area contributed by atoms with Crippen molar-refractivity contribution >= 4 is 33.6 Å². The molecule has 0 saturated carbocycles. The fourth-order valence-electron chi connectivity index (χ4n) is 2.24. The van der Waals surface area contributed by atoms with E-state index in [1.165, 1.54) is 0 Å². The van der Waals surface area contributed by atoms with Crippen LogP contribution in [0.15, 0.2) is 47.5 Å². The van der Waals surface area contributed by atoms with Gasteiger partial charge in [0.25, 0.3) is 5.91 Å². The van der Waals surface area contributed by atoms with Crippen LogP contribution in [-0.2, 0) is 0 Å². The van der Waals surface area contributed by atoms with Gasteiger partial charge in [0.05, 0.1) is 6.54 Å². The summed E-state index contributed by atoms with van der Waals surface area (Å²) in [5.74, 6) is -0.204. The molecule has 2 aromatic carbocycles. The smallest absolute Gasteiger partial charge is 0.267 e. The van der Waals surface area contributed by atoms with Gasteiger partial charge in [0.1, 0.15) is 0 Å². The zero-order chi connectivity index (χ0) is 13.9. The van der Waals surface area contributed by atoms with Gasteiger partial charge in [-0.05, 0) is 23.3 Å². The molecule has 1 heterocycles. The van der Waals surface area contributed by atoms with Crippen LogP contribution in [-0.4, -0.2) is 22.9 Å². The highest BCUT2D eigenvalue weighted by molar-refractivity contribution is 8.14. The molecule has 1 fully saturated rings. The Bertz CT molecular complexity index is 676. The average molecular weight is 283 g/mol. The summed E-state index contributed by atoms with van der Waals surface area (Å²) >= 11 is 1.60. The van der Waals surface area contributed by atoms with Gasteiger partial charge in [-0.2, -0.15) is 4.99 Å². The molecule has 1 saturated heterocycles. The third-order valence-electron chi connectivity index (χ3n) is 3.37. The number of benzene rings is 2. The minimum atomic E-state index is -0.204. The first kappa shape index (κ1) is 13.2. The van der Waals surface area contributed by atoms with Crippen molar-refractivity contribution in [3.63, 3.8) is 0 Å². The van der Waals surface area contributed by atoms with E-state index in [9.17, 15) is 4.79 Å². The predicted octanol–water partition coefficient (Wildman–Crippen LogP) is 3.47. The highest BCUT2D eigenvalue weighted by atomic mass is 32.2. The Morgan fingerprint density at radius 3 is 2.90 bits per heavy atom. The summed E-state index contributed by atoms with van der Waals surface area (Å²) in [5.41, 5.74) is 0.645. The molecule has 1 radical (unpaired) electrons. The Balaban J connectivity index is 1.92. The van der Waals surface area contributed by atoms with Crippen LogP contribution in [0, 0.1) is 0 Å². The number of amides is 1. The molecular formula is C16H15N2OS. The number of hydrogen-bond acceptors (Lipinski definition) is 2. The first-order valence-corrected chi connectivity index (χ1v) is 7.61. The number of thioether (sulfide) groups is 1. The van der Waals surface area contributed by atoms with E-state index in [-0.39, 0.29) is 5.91 Å². The molecule has 0 bridgehead atoms. The molecule has 4 heteroatoms. The van der Waals surface area contributed by atoms with Gasteiger partial charge in [-0.15, -0.1) is 0 Å². The molecule has 3 nitrogen and oxygen atoms in total. The van der Waals surface area contributed by atoms with Crippen LogP contribution < -0.4 is 5.32 Å².